The lowest BCUT2D eigenvalue weighted by molar-refractivity contribution is 0.948. The molecule has 0 saturated carbocycles. The van der Waals surface area contributed by atoms with Crippen LogP contribution in [0.25, 0.3) is 54.5 Å². The molecular formula is C26H18N2. The van der Waals surface area contributed by atoms with E-state index in [0.29, 0.717) is 0 Å². The molecule has 0 bridgehead atoms. The maximum absolute atomic E-state index is 4.46. The molecule has 0 fully saturated rings. The molecule has 6 rings (SSSR count). The molecular weight excluding hydrogens is 340 g/mol. The summed E-state index contributed by atoms with van der Waals surface area (Å²) in [5.74, 6) is 0. The van der Waals surface area contributed by atoms with Crippen LogP contribution in [0, 0.1) is 0 Å². The second-order valence-corrected chi connectivity index (χ2v) is 7.41. The highest BCUT2D eigenvalue weighted by Crippen LogP contribution is 2.38. The largest absolute Gasteiger partial charge is 0.334 e. The first kappa shape index (κ1) is 15.4. The van der Waals surface area contributed by atoms with Gasteiger partial charge in [0.1, 0.15) is 0 Å². The lowest BCUT2D eigenvalue weighted by Gasteiger charge is -2.13. The molecule has 1 heterocycles. The monoisotopic (exact) mass is 358 g/mol. The summed E-state index contributed by atoms with van der Waals surface area (Å²) in [5.41, 5.74) is 4.67. The topological polar surface area (TPSA) is 17.8 Å². The van der Waals surface area contributed by atoms with E-state index < -0.39 is 0 Å². The first-order chi connectivity index (χ1) is 13.8. The van der Waals surface area contributed by atoms with Gasteiger partial charge in [-0.1, -0.05) is 66.7 Å². The fraction of sp³-hybridized carbons (Fsp3) is 0.0385. The average Bonchev–Trinajstić information content (AvgIpc) is 3.13. The molecule has 0 atom stereocenters. The van der Waals surface area contributed by atoms with Crippen molar-refractivity contribution in [3.8, 4) is 11.1 Å². The van der Waals surface area contributed by atoms with Crippen molar-refractivity contribution in [1.29, 1.82) is 0 Å². The predicted molar refractivity (Wildman–Crippen MR) is 119 cm³/mol. The predicted octanol–water partition coefficient (Wildman–Crippen LogP) is 6.70. The van der Waals surface area contributed by atoms with Crippen LogP contribution in [-0.2, 0) is 7.05 Å². The SMILES string of the molecule is Cn1cnc2ccc(-c3cc4ccc5ccccc5c4c4ccccc34)cc21. The fourth-order valence-corrected chi connectivity index (χ4v) is 4.41. The number of hydrogen-bond donors (Lipinski definition) is 0. The van der Waals surface area contributed by atoms with E-state index in [9.17, 15) is 0 Å². The van der Waals surface area contributed by atoms with Gasteiger partial charge in [0.15, 0.2) is 0 Å². The Balaban J connectivity index is 1.77. The van der Waals surface area contributed by atoms with E-state index in [0.717, 1.165) is 11.0 Å². The van der Waals surface area contributed by atoms with Gasteiger partial charge in [-0.2, -0.15) is 0 Å². The average molecular weight is 358 g/mol. The number of aryl methyl sites for hydroxylation is 1. The van der Waals surface area contributed by atoms with Crippen molar-refractivity contribution < 1.29 is 0 Å². The van der Waals surface area contributed by atoms with Crippen LogP contribution in [0.2, 0.25) is 0 Å². The number of rotatable bonds is 1. The number of fused-ring (bicyclic) bond motifs is 6. The minimum Gasteiger partial charge on any atom is -0.334 e. The highest BCUT2D eigenvalue weighted by molar-refractivity contribution is 6.23. The van der Waals surface area contributed by atoms with Crippen LogP contribution in [0.15, 0.2) is 91.3 Å². The molecule has 0 unspecified atom stereocenters. The van der Waals surface area contributed by atoms with Gasteiger partial charge in [0.05, 0.1) is 17.4 Å². The van der Waals surface area contributed by atoms with Gasteiger partial charge in [0, 0.05) is 7.05 Å². The minimum atomic E-state index is 1.03. The molecule has 0 aliphatic carbocycles. The normalized spacial score (nSPS) is 11.8. The maximum Gasteiger partial charge on any atom is 0.0955 e. The van der Waals surface area contributed by atoms with E-state index in [2.05, 4.69) is 94.5 Å². The van der Waals surface area contributed by atoms with Crippen molar-refractivity contribution in [3.05, 3.63) is 91.3 Å². The van der Waals surface area contributed by atoms with Crippen molar-refractivity contribution in [1.82, 2.24) is 9.55 Å². The molecule has 132 valence electrons. The van der Waals surface area contributed by atoms with E-state index in [4.69, 9.17) is 0 Å². The molecule has 0 aliphatic heterocycles. The first-order valence-electron chi connectivity index (χ1n) is 9.54. The summed E-state index contributed by atoms with van der Waals surface area (Å²) in [6, 6.07) is 30.7. The van der Waals surface area contributed by atoms with Crippen LogP contribution in [0.4, 0.5) is 0 Å². The molecule has 0 aliphatic rings. The van der Waals surface area contributed by atoms with Crippen molar-refractivity contribution >= 4 is 43.4 Å². The van der Waals surface area contributed by atoms with Crippen molar-refractivity contribution in [2.45, 2.75) is 0 Å². The molecule has 1 aromatic heterocycles. The molecule has 0 radical (unpaired) electrons. The molecule has 0 N–H and O–H groups in total. The fourth-order valence-electron chi connectivity index (χ4n) is 4.41. The van der Waals surface area contributed by atoms with Gasteiger partial charge in [-0.05, 0) is 61.6 Å². The Hall–Kier alpha value is -3.65. The second-order valence-electron chi connectivity index (χ2n) is 7.41. The summed E-state index contributed by atoms with van der Waals surface area (Å²) in [7, 11) is 2.05. The highest BCUT2D eigenvalue weighted by Gasteiger charge is 2.12. The highest BCUT2D eigenvalue weighted by atomic mass is 15.0. The van der Waals surface area contributed by atoms with Crippen LogP contribution in [-0.4, -0.2) is 9.55 Å². The zero-order chi connectivity index (χ0) is 18.7. The van der Waals surface area contributed by atoms with Gasteiger partial charge < -0.3 is 4.57 Å². The van der Waals surface area contributed by atoms with Gasteiger partial charge in [-0.25, -0.2) is 4.98 Å². The van der Waals surface area contributed by atoms with E-state index in [1.165, 1.54) is 43.4 Å². The van der Waals surface area contributed by atoms with Gasteiger partial charge in [0.2, 0.25) is 0 Å². The quantitative estimate of drug-likeness (QED) is 0.299. The molecule has 28 heavy (non-hydrogen) atoms. The standard InChI is InChI=1S/C26H18N2/c1-28-16-27-24-13-12-18(15-25(24)28)23-14-19-11-10-17-6-2-3-7-20(17)26(19)22-9-5-4-8-21(22)23/h2-16H,1H3. The zero-order valence-corrected chi connectivity index (χ0v) is 15.6. The molecule has 0 saturated heterocycles. The van der Waals surface area contributed by atoms with Crippen LogP contribution in [0.1, 0.15) is 0 Å². The molecule has 6 aromatic rings. The Morgan fingerprint density at radius 1 is 0.679 bits per heavy atom. The first-order valence-corrected chi connectivity index (χ1v) is 9.54. The molecule has 0 spiro atoms. The number of aromatic nitrogens is 2. The smallest absolute Gasteiger partial charge is 0.0955 e. The van der Waals surface area contributed by atoms with Crippen molar-refractivity contribution in [3.63, 3.8) is 0 Å². The molecule has 2 nitrogen and oxygen atoms in total. The number of benzene rings is 5. The Kier molecular flexibility index (Phi) is 3.12. The summed E-state index contributed by atoms with van der Waals surface area (Å²) < 4.78 is 2.08. The third kappa shape index (κ3) is 2.12. The van der Waals surface area contributed by atoms with Crippen molar-refractivity contribution in [2.24, 2.45) is 7.05 Å². The van der Waals surface area contributed by atoms with Crippen molar-refractivity contribution in [2.75, 3.05) is 0 Å². The summed E-state index contributed by atoms with van der Waals surface area (Å²) in [4.78, 5) is 4.46. The molecule has 5 aromatic carbocycles. The van der Waals surface area contributed by atoms with E-state index >= 15 is 0 Å². The van der Waals surface area contributed by atoms with Gasteiger partial charge in [-0.15, -0.1) is 0 Å². The third-order valence-corrected chi connectivity index (χ3v) is 5.78. The summed E-state index contributed by atoms with van der Waals surface area (Å²) >= 11 is 0. The zero-order valence-electron chi connectivity index (χ0n) is 15.6. The van der Waals surface area contributed by atoms with E-state index in [1.54, 1.807) is 0 Å². The summed E-state index contributed by atoms with van der Waals surface area (Å²) in [5, 5.41) is 7.79. The molecule has 0 amide bonds. The van der Waals surface area contributed by atoms with Crippen LogP contribution in [0.5, 0.6) is 0 Å². The Morgan fingerprint density at radius 2 is 1.43 bits per heavy atom. The summed E-state index contributed by atoms with van der Waals surface area (Å²) in [6.45, 7) is 0. The number of imidazole rings is 1. The van der Waals surface area contributed by atoms with E-state index in [1.807, 2.05) is 13.4 Å². The molecule has 2 heteroatoms. The van der Waals surface area contributed by atoms with Gasteiger partial charge >= 0.3 is 0 Å². The summed E-state index contributed by atoms with van der Waals surface area (Å²) in [6.07, 6.45) is 1.87. The maximum atomic E-state index is 4.46. The van der Waals surface area contributed by atoms with Crippen LogP contribution in [0.3, 0.4) is 0 Å². The lowest BCUT2D eigenvalue weighted by atomic mass is 9.90. The van der Waals surface area contributed by atoms with Gasteiger partial charge in [0.25, 0.3) is 0 Å². The number of nitrogens with zero attached hydrogens (tertiary/aromatic N) is 2. The van der Waals surface area contributed by atoms with Gasteiger partial charge in [-0.3, -0.25) is 0 Å². The number of hydrogen-bond acceptors (Lipinski definition) is 1. The second kappa shape index (κ2) is 5.67. The minimum absolute atomic E-state index is 1.03. The Morgan fingerprint density at radius 3 is 2.32 bits per heavy atom. The van der Waals surface area contributed by atoms with Crippen LogP contribution >= 0.6 is 0 Å². The lowest BCUT2D eigenvalue weighted by Crippen LogP contribution is -1.88. The van der Waals surface area contributed by atoms with Crippen LogP contribution < -0.4 is 0 Å². The Labute approximate surface area is 162 Å². The third-order valence-electron chi connectivity index (χ3n) is 5.78. The Bertz CT molecular complexity index is 1520. The van der Waals surface area contributed by atoms with E-state index in [-0.39, 0.29) is 0 Å².